The van der Waals surface area contributed by atoms with Gasteiger partial charge in [-0.3, -0.25) is 10.1 Å². The zero-order chi connectivity index (χ0) is 14.4. The predicted octanol–water partition coefficient (Wildman–Crippen LogP) is 0.888. The number of halogens is 1. The van der Waals surface area contributed by atoms with E-state index in [0.717, 1.165) is 6.07 Å². The standard InChI is InChI=1S/C10H12ClN3O4S/c1-6-9(11)2-8(3-10(6)14(15)16)19(17,18)13-4-7(12)5-13/h2-3,7H,4-5,12H2,1H3. The Hall–Kier alpha value is -1.22. The molecule has 0 radical (unpaired) electrons. The lowest BCUT2D eigenvalue weighted by Gasteiger charge is -2.35. The molecule has 19 heavy (non-hydrogen) atoms. The molecule has 0 unspecified atom stereocenters. The van der Waals surface area contributed by atoms with Crippen molar-refractivity contribution in [2.75, 3.05) is 13.1 Å². The van der Waals surface area contributed by atoms with Crippen LogP contribution in [0, 0.1) is 17.0 Å². The van der Waals surface area contributed by atoms with Crippen LogP contribution in [0.4, 0.5) is 5.69 Å². The van der Waals surface area contributed by atoms with E-state index in [-0.39, 0.29) is 40.3 Å². The molecule has 1 heterocycles. The molecule has 9 heteroatoms. The zero-order valence-corrected chi connectivity index (χ0v) is 11.6. The molecule has 1 aliphatic rings. The van der Waals surface area contributed by atoms with Gasteiger partial charge in [-0.2, -0.15) is 4.31 Å². The molecule has 2 N–H and O–H groups in total. The van der Waals surface area contributed by atoms with Gasteiger partial charge in [-0.15, -0.1) is 0 Å². The van der Waals surface area contributed by atoms with Gasteiger partial charge in [-0.1, -0.05) is 11.6 Å². The smallest absolute Gasteiger partial charge is 0.275 e. The first kappa shape index (κ1) is 14.2. The summed E-state index contributed by atoms with van der Waals surface area (Å²) >= 11 is 5.85. The number of nitro groups is 1. The number of nitrogens with zero attached hydrogens (tertiary/aromatic N) is 2. The highest BCUT2D eigenvalue weighted by atomic mass is 35.5. The number of sulfonamides is 1. The maximum atomic E-state index is 12.2. The Kier molecular flexibility index (Phi) is 3.52. The highest BCUT2D eigenvalue weighted by Crippen LogP contribution is 2.31. The third-order valence-electron chi connectivity index (χ3n) is 3.00. The van der Waals surface area contributed by atoms with E-state index in [9.17, 15) is 18.5 Å². The SMILES string of the molecule is Cc1c(Cl)cc(S(=O)(=O)N2CC(N)C2)cc1[N+](=O)[O-]. The van der Waals surface area contributed by atoms with E-state index in [0.29, 0.717) is 0 Å². The van der Waals surface area contributed by atoms with Crippen LogP contribution in [0.2, 0.25) is 5.02 Å². The van der Waals surface area contributed by atoms with Gasteiger partial charge in [0.2, 0.25) is 10.0 Å². The molecule has 0 saturated carbocycles. The summed E-state index contributed by atoms with van der Waals surface area (Å²) in [4.78, 5) is 10.0. The van der Waals surface area contributed by atoms with Crippen LogP contribution < -0.4 is 5.73 Å². The highest BCUT2D eigenvalue weighted by molar-refractivity contribution is 7.89. The maximum Gasteiger partial charge on any atom is 0.275 e. The van der Waals surface area contributed by atoms with Crippen molar-refractivity contribution in [3.8, 4) is 0 Å². The van der Waals surface area contributed by atoms with Crippen molar-refractivity contribution in [1.29, 1.82) is 0 Å². The fourth-order valence-electron chi connectivity index (χ4n) is 1.79. The Bertz CT molecular complexity index is 640. The summed E-state index contributed by atoms with van der Waals surface area (Å²) in [6.45, 7) is 1.89. The highest BCUT2D eigenvalue weighted by Gasteiger charge is 2.36. The quantitative estimate of drug-likeness (QED) is 0.659. The fraction of sp³-hybridized carbons (Fsp3) is 0.400. The number of hydrogen-bond acceptors (Lipinski definition) is 5. The first-order chi connectivity index (χ1) is 8.73. The minimum atomic E-state index is -3.77. The van der Waals surface area contributed by atoms with Gasteiger partial charge in [-0.05, 0) is 13.0 Å². The number of rotatable bonds is 3. The van der Waals surface area contributed by atoms with Crippen LogP contribution in [0.3, 0.4) is 0 Å². The second-order valence-corrected chi connectivity index (χ2v) is 6.73. The van der Waals surface area contributed by atoms with Crippen LogP contribution in [0.15, 0.2) is 17.0 Å². The molecule has 2 rings (SSSR count). The Morgan fingerprint density at radius 3 is 2.53 bits per heavy atom. The molecule has 0 spiro atoms. The lowest BCUT2D eigenvalue weighted by molar-refractivity contribution is -0.385. The van der Waals surface area contributed by atoms with Crippen LogP contribution in [0.5, 0.6) is 0 Å². The monoisotopic (exact) mass is 305 g/mol. The Labute approximate surface area is 115 Å². The van der Waals surface area contributed by atoms with E-state index in [1.54, 1.807) is 0 Å². The summed E-state index contributed by atoms with van der Waals surface area (Å²) in [6.07, 6.45) is 0. The summed E-state index contributed by atoms with van der Waals surface area (Å²) in [7, 11) is -3.77. The van der Waals surface area contributed by atoms with Crippen molar-refractivity contribution in [3.05, 3.63) is 32.8 Å². The van der Waals surface area contributed by atoms with Crippen molar-refractivity contribution in [2.45, 2.75) is 17.9 Å². The second-order valence-electron chi connectivity index (χ2n) is 4.39. The van der Waals surface area contributed by atoms with E-state index in [1.165, 1.54) is 17.3 Å². The predicted molar refractivity (Wildman–Crippen MR) is 69.6 cm³/mol. The number of benzene rings is 1. The molecule has 0 aliphatic carbocycles. The average molecular weight is 306 g/mol. The molecule has 0 atom stereocenters. The molecular formula is C10H12ClN3O4S. The molecule has 0 aromatic heterocycles. The summed E-state index contributed by atoms with van der Waals surface area (Å²) in [5, 5.41) is 10.9. The molecule has 1 aromatic carbocycles. The minimum absolute atomic E-state index is 0.0533. The molecule has 0 amide bonds. The van der Waals surface area contributed by atoms with Gasteiger partial charge in [-0.25, -0.2) is 8.42 Å². The van der Waals surface area contributed by atoms with Crippen molar-refractivity contribution in [3.63, 3.8) is 0 Å². The summed E-state index contributed by atoms with van der Waals surface area (Å²) < 4.78 is 25.5. The van der Waals surface area contributed by atoms with E-state index in [2.05, 4.69) is 0 Å². The van der Waals surface area contributed by atoms with Gasteiger partial charge >= 0.3 is 0 Å². The van der Waals surface area contributed by atoms with Crippen molar-refractivity contribution in [2.24, 2.45) is 5.73 Å². The first-order valence-electron chi connectivity index (χ1n) is 5.43. The normalized spacial score (nSPS) is 17.2. The number of hydrogen-bond donors (Lipinski definition) is 1. The largest absolute Gasteiger partial charge is 0.325 e. The van der Waals surface area contributed by atoms with Crippen molar-refractivity contribution in [1.82, 2.24) is 4.31 Å². The minimum Gasteiger partial charge on any atom is -0.325 e. The molecule has 0 bridgehead atoms. The summed E-state index contributed by atoms with van der Waals surface area (Å²) in [5.41, 5.74) is 5.47. The first-order valence-corrected chi connectivity index (χ1v) is 7.25. The number of nitro benzene ring substituents is 1. The topological polar surface area (TPSA) is 107 Å². The molecular weight excluding hydrogens is 294 g/mol. The van der Waals surface area contributed by atoms with E-state index < -0.39 is 14.9 Å². The van der Waals surface area contributed by atoms with E-state index >= 15 is 0 Å². The van der Waals surface area contributed by atoms with Gasteiger partial charge in [0.15, 0.2) is 0 Å². The summed E-state index contributed by atoms with van der Waals surface area (Å²) in [5.74, 6) is 0. The average Bonchev–Trinajstić information content (AvgIpc) is 2.27. The molecule has 1 aliphatic heterocycles. The van der Waals surface area contributed by atoms with Crippen LogP contribution in [-0.4, -0.2) is 36.8 Å². The third-order valence-corrected chi connectivity index (χ3v) is 5.20. The van der Waals surface area contributed by atoms with Crippen molar-refractivity contribution >= 4 is 27.3 Å². The Morgan fingerprint density at radius 1 is 1.47 bits per heavy atom. The van der Waals surface area contributed by atoms with E-state index in [1.807, 2.05) is 0 Å². The van der Waals surface area contributed by atoms with Crippen LogP contribution >= 0.6 is 11.6 Å². The molecule has 1 saturated heterocycles. The van der Waals surface area contributed by atoms with Gasteiger partial charge in [0, 0.05) is 30.8 Å². The lowest BCUT2D eigenvalue weighted by Crippen LogP contribution is -2.57. The van der Waals surface area contributed by atoms with Gasteiger partial charge in [0.25, 0.3) is 5.69 Å². The van der Waals surface area contributed by atoms with Crippen LogP contribution in [-0.2, 0) is 10.0 Å². The third kappa shape index (κ3) is 2.44. The van der Waals surface area contributed by atoms with Gasteiger partial charge in [0.05, 0.1) is 14.8 Å². The van der Waals surface area contributed by atoms with Gasteiger partial charge in [0.1, 0.15) is 0 Å². The Balaban J connectivity index is 2.49. The van der Waals surface area contributed by atoms with Gasteiger partial charge < -0.3 is 5.73 Å². The van der Waals surface area contributed by atoms with Crippen LogP contribution in [0.1, 0.15) is 5.56 Å². The molecule has 1 aromatic rings. The van der Waals surface area contributed by atoms with E-state index in [4.69, 9.17) is 17.3 Å². The summed E-state index contributed by atoms with van der Waals surface area (Å²) in [6, 6.07) is 2.06. The zero-order valence-electron chi connectivity index (χ0n) is 10.0. The van der Waals surface area contributed by atoms with Crippen LogP contribution in [0.25, 0.3) is 0 Å². The lowest BCUT2D eigenvalue weighted by atomic mass is 10.2. The molecule has 1 fully saturated rings. The second kappa shape index (κ2) is 4.71. The fourth-order valence-corrected chi connectivity index (χ4v) is 3.67. The maximum absolute atomic E-state index is 12.2. The van der Waals surface area contributed by atoms with Crippen molar-refractivity contribution < 1.29 is 13.3 Å². The number of nitrogens with two attached hydrogens (primary N) is 1. The molecule has 104 valence electrons. The Morgan fingerprint density at radius 2 is 2.05 bits per heavy atom. The molecule has 7 nitrogen and oxygen atoms in total.